The number of esters is 1. The molecule has 3 N–H and O–H groups in total. The van der Waals surface area contributed by atoms with Crippen molar-refractivity contribution in [3.63, 3.8) is 0 Å². The van der Waals surface area contributed by atoms with E-state index in [1.807, 2.05) is 32.9 Å². The molecule has 0 radical (unpaired) electrons. The summed E-state index contributed by atoms with van der Waals surface area (Å²) < 4.78 is 33.8. The zero-order chi connectivity index (χ0) is 32.2. The lowest BCUT2D eigenvalue weighted by molar-refractivity contribution is 0.0238. The van der Waals surface area contributed by atoms with E-state index in [9.17, 15) is 18.4 Å². The molecule has 8 heteroatoms. The van der Waals surface area contributed by atoms with Crippen molar-refractivity contribution in [2.75, 3.05) is 19.6 Å². The van der Waals surface area contributed by atoms with Crippen LogP contribution in [0.15, 0.2) is 60.7 Å². The topological polar surface area (TPSA) is 84.7 Å². The fourth-order valence-corrected chi connectivity index (χ4v) is 5.28. The second-order valence-electron chi connectivity index (χ2n) is 11.7. The van der Waals surface area contributed by atoms with Gasteiger partial charge in [-0.05, 0) is 91.1 Å². The number of benzene rings is 3. The molecule has 0 aromatic heterocycles. The quantitative estimate of drug-likeness (QED) is 0.173. The minimum atomic E-state index is -0.817. The standard InChI is InChI=1S/C36H47F2N3O3/c1-6-12-41(13-7-2)35(42)29-14-24(4)15-30(20-29)36(43)44-34(33(39)19-27-17-31(37)21-32(38)18-27)23-40-22-26-10-9-11-28(16-26)25(5)8-3/h9-11,14-18,20-21,25,33-34,40H,6-8,12-13,19,22-23,39H2,1-5H3. The molecular weight excluding hydrogens is 560 g/mol. The number of carbonyl (C=O) groups excluding carboxylic acids is 2. The van der Waals surface area contributed by atoms with Gasteiger partial charge in [0.15, 0.2) is 0 Å². The van der Waals surface area contributed by atoms with Crippen molar-refractivity contribution < 1.29 is 23.1 Å². The molecule has 0 spiro atoms. The number of rotatable bonds is 16. The molecule has 0 heterocycles. The molecule has 1 amide bonds. The summed E-state index contributed by atoms with van der Waals surface area (Å²) in [5.41, 5.74) is 10.7. The summed E-state index contributed by atoms with van der Waals surface area (Å²) in [4.78, 5) is 28.6. The molecule has 3 aromatic rings. The summed E-state index contributed by atoms with van der Waals surface area (Å²) in [7, 11) is 0. The molecule has 3 atom stereocenters. The third kappa shape index (κ3) is 10.2. The molecule has 0 aliphatic heterocycles. The van der Waals surface area contributed by atoms with Gasteiger partial charge in [0.25, 0.3) is 5.91 Å². The molecule has 0 bridgehead atoms. The maximum absolute atomic E-state index is 13.9. The molecule has 3 rings (SSSR count). The van der Waals surface area contributed by atoms with Crippen LogP contribution in [-0.2, 0) is 17.7 Å². The molecule has 6 nitrogen and oxygen atoms in total. The summed E-state index contributed by atoms with van der Waals surface area (Å²) in [6.07, 6.45) is 1.97. The van der Waals surface area contributed by atoms with Gasteiger partial charge in [-0.2, -0.15) is 0 Å². The van der Waals surface area contributed by atoms with Crippen molar-refractivity contribution in [3.8, 4) is 0 Å². The smallest absolute Gasteiger partial charge is 0.338 e. The number of nitrogens with one attached hydrogen (secondary N) is 1. The highest BCUT2D eigenvalue weighted by Gasteiger charge is 2.25. The predicted octanol–water partition coefficient (Wildman–Crippen LogP) is 6.93. The molecule has 0 fully saturated rings. The van der Waals surface area contributed by atoms with Crippen molar-refractivity contribution in [2.24, 2.45) is 5.73 Å². The van der Waals surface area contributed by atoms with Crippen LogP contribution in [0, 0.1) is 18.6 Å². The lowest BCUT2D eigenvalue weighted by atomic mass is 9.97. The van der Waals surface area contributed by atoms with E-state index in [-0.39, 0.29) is 24.4 Å². The molecule has 0 aliphatic carbocycles. The number of nitrogens with two attached hydrogens (primary N) is 1. The van der Waals surface area contributed by atoms with E-state index in [0.717, 1.165) is 36.5 Å². The van der Waals surface area contributed by atoms with Gasteiger partial charge in [0.1, 0.15) is 17.7 Å². The average Bonchev–Trinajstić information content (AvgIpc) is 2.98. The Balaban J connectivity index is 1.82. The number of carbonyl (C=O) groups is 2. The van der Waals surface area contributed by atoms with Gasteiger partial charge in [-0.3, -0.25) is 4.79 Å². The lowest BCUT2D eigenvalue weighted by Crippen LogP contribution is -2.46. The SMILES string of the molecule is CCCN(CCC)C(=O)c1cc(C)cc(C(=O)OC(CNCc2cccc(C(C)CC)c2)C(N)Cc2cc(F)cc(F)c2)c1. The number of hydrogen-bond donors (Lipinski definition) is 2. The lowest BCUT2D eigenvalue weighted by Gasteiger charge is -2.25. The van der Waals surface area contributed by atoms with Crippen molar-refractivity contribution in [3.05, 3.63) is 106 Å². The van der Waals surface area contributed by atoms with Crippen LogP contribution >= 0.6 is 0 Å². The summed E-state index contributed by atoms with van der Waals surface area (Å²) in [5.74, 6) is -1.71. The third-order valence-corrected chi connectivity index (χ3v) is 7.77. The number of amides is 1. The zero-order valence-corrected chi connectivity index (χ0v) is 26.7. The number of ether oxygens (including phenoxy) is 1. The first-order chi connectivity index (χ1) is 21.0. The van der Waals surface area contributed by atoms with E-state index in [2.05, 4.69) is 31.3 Å². The molecule has 44 heavy (non-hydrogen) atoms. The molecule has 0 saturated carbocycles. The normalized spacial score (nSPS) is 13.3. The van der Waals surface area contributed by atoms with Gasteiger partial charge in [0, 0.05) is 43.9 Å². The molecule has 0 aliphatic rings. The molecule has 238 valence electrons. The van der Waals surface area contributed by atoms with Gasteiger partial charge in [-0.15, -0.1) is 0 Å². The summed E-state index contributed by atoms with van der Waals surface area (Å²) in [6.45, 7) is 12.2. The molecule has 0 saturated heterocycles. The minimum Gasteiger partial charge on any atom is -0.456 e. The van der Waals surface area contributed by atoms with Crippen LogP contribution in [0.5, 0.6) is 0 Å². The maximum Gasteiger partial charge on any atom is 0.338 e. The Labute approximate surface area is 261 Å². The van der Waals surface area contributed by atoms with Gasteiger partial charge in [0.05, 0.1) is 5.56 Å². The van der Waals surface area contributed by atoms with Crippen molar-refractivity contribution >= 4 is 11.9 Å². The van der Waals surface area contributed by atoms with E-state index in [1.165, 1.54) is 17.7 Å². The first-order valence-corrected chi connectivity index (χ1v) is 15.7. The Morgan fingerprint density at radius 2 is 1.57 bits per heavy atom. The summed E-state index contributed by atoms with van der Waals surface area (Å²) >= 11 is 0. The third-order valence-electron chi connectivity index (χ3n) is 7.77. The van der Waals surface area contributed by atoms with Crippen molar-refractivity contribution in [2.45, 2.75) is 84.9 Å². The first kappa shape index (κ1) is 34.9. The Hall–Kier alpha value is -3.62. The fraction of sp³-hybridized carbons (Fsp3) is 0.444. The highest BCUT2D eigenvalue weighted by molar-refractivity contribution is 5.98. The van der Waals surface area contributed by atoms with Gasteiger partial charge < -0.3 is 20.7 Å². The number of nitrogens with zero attached hydrogens (tertiary/aromatic N) is 1. The monoisotopic (exact) mass is 607 g/mol. The van der Waals surface area contributed by atoms with Crippen molar-refractivity contribution in [1.29, 1.82) is 0 Å². The minimum absolute atomic E-state index is 0.0956. The van der Waals surface area contributed by atoms with Crippen LogP contribution in [-0.4, -0.2) is 48.6 Å². The Bertz CT molecular complexity index is 1370. The van der Waals surface area contributed by atoms with Gasteiger partial charge in [0.2, 0.25) is 0 Å². The first-order valence-electron chi connectivity index (χ1n) is 15.7. The Morgan fingerprint density at radius 3 is 2.20 bits per heavy atom. The predicted molar refractivity (Wildman–Crippen MR) is 172 cm³/mol. The van der Waals surface area contributed by atoms with E-state index in [4.69, 9.17) is 10.5 Å². The summed E-state index contributed by atoms with van der Waals surface area (Å²) in [5, 5.41) is 3.35. The van der Waals surface area contributed by atoms with Crippen LogP contribution in [0.1, 0.15) is 95.8 Å². The maximum atomic E-state index is 13.9. The second kappa shape index (κ2) is 17.0. The molecule has 3 unspecified atom stereocenters. The second-order valence-corrected chi connectivity index (χ2v) is 11.7. The highest BCUT2D eigenvalue weighted by atomic mass is 19.1. The Morgan fingerprint density at radius 1 is 0.909 bits per heavy atom. The zero-order valence-electron chi connectivity index (χ0n) is 26.7. The van der Waals surface area contributed by atoms with Crippen LogP contribution < -0.4 is 11.1 Å². The largest absolute Gasteiger partial charge is 0.456 e. The van der Waals surface area contributed by atoms with Gasteiger partial charge in [-0.1, -0.05) is 52.0 Å². The fourth-order valence-electron chi connectivity index (χ4n) is 5.28. The average molecular weight is 608 g/mol. The Kier molecular flexibility index (Phi) is 13.5. The van der Waals surface area contributed by atoms with Crippen LogP contribution in [0.25, 0.3) is 0 Å². The van der Waals surface area contributed by atoms with E-state index in [0.29, 0.717) is 36.7 Å². The van der Waals surface area contributed by atoms with Crippen molar-refractivity contribution in [1.82, 2.24) is 10.2 Å². The number of aryl methyl sites for hydroxylation is 1. The number of halogens is 2. The van der Waals surface area contributed by atoms with E-state index >= 15 is 0 Å². The number of hydrogen-bond acceptors (Lipinski definition) is 5. The highest BCUT2D eigenvalue weighted by Crippen LogP contribution is 2.20. The van der Waals surface area contributed by atoms with Crippen LogP contribution in [0.4, 0.5) is 8.78 Å². The molecule has 3 aromatic carbocycles. The van der Waals surface area contributed by atoms with E-state index in [1.54, 1.807) is 23.1 Å². The van der Waals surface area contributed by atoms with Crippen LogP contribution in [0.3, 0.4) is 0 Å². The van der Waals surface area contributed by atoms with Gasteiger partial charge >= 0.3 is 5.97 Å². The van der Waals surface area contributed by atoms with Crippen LogP contribution in [0.2, 0.25) is 0 Å². The van der Waals surface area contributed by atoms with Gasteiger partial charge in [-0.25, -0.2) is 13.6 Å². The summed E-state index contributed by atoms with van der Waals surface area (Å²) in [6, 6.07) is 15.8. The molecular formula is C36H47F2N3O3. The van der Waals surface area contributed by atoms with E-state index < -0.39 is 29.7 Å².